The minimum Gasteiger partial charge on any atom is -0.496 e. The third kappa shape index (κ3) is 5.01. The predicted molar refractivity (Wildman–Crippen MR) is 75.8 cm³/mol. The van der Waals surface area contributed by atoms with Gasteiger partial charge in [0.05, 0.1) is 25.8 Å². The number of hydrogen-bond donors (Lipinski definition) is 1. The Kier molecular flexibility index (Phi) is 7.15. The fraction of sp³-hybridized carbons (Fsp3) is 0.533. The average Bonchev–Trinajstić information content (AvgIpc) is 2.44. The number of ether oxygens (including phenoxy) is 1. The van der Waals surface area contributed by atoms with Crippen molar-refractivity contribution in [3.63, 3.8) is 0 Å². The van der Waals surface area contributed by atoms with Gasteiger partial charge in [0.15, 0.2) is 5.78 Å². The summed E-state index contributed by atoms with van der Waals surface area (Å²) in [6.07, 6.45) is 2.10. The maximum absolute atomic E-state index is 12.3. The van der Waals surface area contributed by atoms with E-state index < -0.39 is 0 Å². The molecule has 0 unspecified atom stereocenters. The first-order valence-corrected chi connectivity index (χ1v) is 6.72. The molecule has 4 nitrogen and oxygen atoms in total. The largest absolute Gasteiger partial charge is 0.496 e. The van der Waals surface area contributed by atoms with Crippen LogP contribution in [-0.4, -0.2) is 49.1 Å². The Bertz CT molecular complexity index is 393. The second-order valence-corrected chi connectivity index (χ2v) is 4.48. The summed E-state index contributed by atoms with van der Waals surface area (Å²) < 4.78 is 5.20. The van der Waals surface area contributed by atoms with Gasteiger partial charge >= 0.3 is 0 Å². The van der Waals surface area contributed by atoms with Crippen LogP contribution in [0.5, 0.6) is 5.75 Å². The number of para-hydroxylation sites is 1. The molecule has 0 fully saturated rings. The van der Waals surface area contributed by atoms with E-state index in [1.165, 1.54) is 0 Å². The van der Waals surface area contributed by atoms with Crippen molar-refractivity contribution in [2.75, 3.05) is 33.4 Å². The highest BCUT2D eigenvalue weighted by Gasteiger charge is 2.15. The Morgan fingerprint density at radius 1 is 1.32 bits per heavy atom. The fourth-order valence-electron chi connectivity index (χ4n) is 1.96. The molecule has 0 aliphatic rings. The summed E-state index contributed by atoms with van der Waals surface area (Å²) in [7, 11) is 1.56. The van der Waals surface area contributed by atoms with E-state index in [4.69, 9.17) is 9.84 Å². The number of aliphatic hydroxyl groups is 1. The van der Waals surface area contributed by atoms with Gasteiger partial charge in [0, 0.05) is 6.54 Å². The van der Waals surface area contributed by atoms with Crippen molar-refractivity contribution in [1.29, 1.82) is 0 Å². The third-order valence-corrected chi connectivity index (χ3v) is 3.02. The molecule has 19 heavy (non-hydrogen) atoms. The number of Topliss-reactive ketones (excluding diaryl/α,β-unsaturated/α-hetero) is 1. The molecule has 0 heterocycles. The van der Waals surface area contributed by atoms with Gasteiger partial charge in [0.2, 0.25) is 0 Å². The van der Waals surface area contributed by atoms with Gasteiger partial charge in [-0.25, -0.2) is 0 Å². The van der Waals surface area contributed by atoms with Crippen LogP contribution >= 0.6 is 0 Å². The summed E-state index contributed by atoms with van der Waals surface area (Å²) in [6, 6.07) is 7.24. The average molecular weight is 265 g/mol. The zero-order valence-corrected chi connectivity index (χ0v) is 11.8. The number of rotatable bonds is 9. The fourth-order valence-corrected chi connectivity index (χ4v) is 1.96. The predicted octanol–water partition coefficient (Wildman–Crippen LogP) is 1.97. The molecule has 4 heteroatoms. The number of hydrogen-bond acceptors (Lipinski definition) is 4. The summed E-state index contributed by atoms with van der Waals surface area (Å²) in [6.45, 7) is 3.86. The van der Waals surface area contributed by atoms with Crippen LogP contribution in [0.1, 0.15) is 30.1 Å². The van der Waals surface area contributed by atoms with E-state index >= 15 is 0 Å². The molecular weight excluding hydrogens is 242 g/mol. The Morgan fingerprint density at radius 2 is 2.05 bits per heavy atom. The Hall–Kier alpha value is -1.39. The molecular formula is C15H23NO3. The topological polar surface area (TPSA) is 49.8 Å². The van der Waals surface area contributed by atoms with E-state index in [1.54, 1.807) is 19.2 Å². The van der Waals surface area contributed by atoms with Gasteiger partial charge in [-0.3, -0.25) is 9.69 Å². The van der Waals surface area contributed by atoms with Crippen molar-refractivity contribution < 1.29 is 14.6 Å². The first-order chi connectivity index (χ1) is 9.22. The molecule has 0 aliphatic heterocycles. The lowest BCUT2D eigenvalue weighted by molar-refractivity contribution is 0.0910. The first-order valence-electron chi connectivity index (χ1n) is 6.72. The lowest BCUT2D eigenvalue weighted by atomic mass is 10.1. The van der Waals surface area contributed by atoms with Gasteiger partial charge in [-0.2, -0.15) is 0 Å². The van der Waals surface area contributed by atoms with E-state index in [2.05, 4.69) is 6.92 Å². The number of benzene rings is 1. The second kappa shape index (κ2) is 8.67. The maximum atomic E-state index is 12.3. The highest BCUT2D eigenvalue weighted by molar-refractivity contribution is 6.00. The molecule has 0 bridgehead atoms. The van der Waals surface area contributed by atoms with Crippen molar-refractivity contribution in [3.05, 3.63) is 29.8 Å². The summed E-state index contributed by atoms with van der Waals surface area (Å²) in [5.41, 5.74) is 0.601. The molecule has 1 aromatic rings. The van der Waals surface area contributed by atoms with Crippen molar-refractivity contribution in [3.8, 4) is 5.75 Å². The van der Waals surface area contributed by atoms with Gasteiger partial charge in [0.25, 0.3) is 0 Å². The molecule has 1 N–H and O–H groups in total. The number of aliphatic hydroxyl groups excluding tert-OH is 1. The standard InChI is InChI=1S/C15H23NO3/c1-3-4-9-16(10-11-17)12-14(18)13-7-5-6-8-15(13)19-2/h5-8,17H,3-4,9-12H2,1-2H3. The zero-order chi connectivity index (χ0) is 14.1. The number of carbonyl (C=O) groups is 1. The third-order valence-electron chi connectivity index (χ3n) is 3.02. The lowest BCUT2D eigenvalue weighted by Crippen LogP contribution is -2.33. The molecule has 0 amide bonds. The molecule has 106 valence electrons. The van der Waals surface area contributed by atoms with Gasteiger partial charge < -0.3 is 9.84 Å². The smallest absolute Gasteiger partial charge is 0.180 e. The van der Waals surface area contributed by atoms with E-state index in [1.807, 2.05) is 17.0 Å². The molecule has 1 aromatic carbocycles. The number of nitrogens with zero attached hydrogens (tertiary/aromatic N) is 1. The minimum atomic E-state index is 0.0296. The van der Waals surface area contributed by atoms with Gasteiger partial charge in [-0.05, 0) is 25.1 Å². The molecule has 0 aromatic heterocycles. The number of carbonyl (C=O) groups excluding carboxylic acids is 1. The Labute approximate surface area is 115 Å². The van der Waals surface area contributed by atoms with E-state index in [0.29, 0.717) is 24.4 Å². The van der Waals surface area contributed by atoms with Gasteiger partial charge in [-0.1, -0.05) is 25.5 Å². The lowest BCUT2D eigenvalue weighted by Gasteiger charge is -2.20. The summed E-state index contributed by atoms with van der Waals surface area (Å²) in [5.74, 6) is 0.633. The van der Waals surface area contributed by atoms with Crippen molar-refractivity contribution in [2.45, 2.75) is 19.8 Å². The van der Waals surface area contributed by atoms with Crippen LogP contribution in [0.4, 0.5) is 0 Å². The Balaban J connectivity index is 2.69. The van der Waals surface area contributed by atoms with Crippen LogP contribution in [0.2, 0.25) is 0 Å². The molecule has 0 atom stereocenters. The number of unbranched alkanes of at least 4 members (excludes halogenated alkanes) is 1. The highest BCUT2D eigenvalue weighted by Crippen LogP contribution is 2.18. The number of methoxy groups -OCH3 is 1. The molecule has 0 spiro atoms. The van der Waals surface area contributed by atoms with Crippen LogP contribution < -0.4 is 4.74 Å². The molecule has 1 rings (SSSR count). The molecule has 0 saturated heterocycles. The highest BCUT2D eigenvalue weighted by atomic mass is 16.5. The van der Waals surface area contributed by atoms with E-state index in [-0.39, 0.29) is 12.4 Å². The summed E-state index contributed by atoms with van der Waals surface area (Å²) >= 11 is 0. The van der Waals surface area contributed by atoms with Crippen LogP contribution in [-0.2, 0) is 0 Å². The minimum absolute atomic E-state index is 0.0296. The zero-order valence-electron chi connectivity index (χ0n) is 11.8. The molecule has 0 radical (unpaired) electrons. The first kappa shape index (κ1) is 15.7. The van der Waals surface area contributed by atoms with Gasteiger partial charge in [-0.15, -0.1) is 0 Å². The van der Waals surface area contributed by atoms with Crippen molar-refractivity contribution in [2.24, 2.45) is 0 Å². The van der Waals surface area contributed by atoms with E-state index in [9.17, 15) is 4.79 Å². The number of ketones is 1. The normalized spacial score (nSPS) is 10.7. The quantitative estimate of drug-likeness (QED) is 0.694. The van der Waals surface area contributed by atoms with Crippen LogP contribution in [0.15, 0.2) is 24.3 Å². The van der Waals surface area contributed by atoms with Crippen LogP contribution in [0.25, 0.3) is 0 Å². The molecule has 0 aliphatic carbocycles. The summed E-state index contributed by atoms with van der Waals surface area (Å²) in [4.78, 5) is 14.3. The van der Waals surface area contributed by atoms with Crippen molar-refractivity contribution in [1.82, 2.24) is 4.90 Å². The SMILES string of the molecule is CCCCN(CCO)CC(=O)c1ccccc1OC. The van der Waals surface area contributed by atoms with Crippen LogP contribution in [0, 0.1) is 0 Å². The monoisotopic (exact) mass is 265 g/mol. The van der Waals surface area contributed by atoms with Crippen molar-refractivity contribution >= 4 is 5.78 Å². The molecule has 0 saturated carbocycles. The van der Waals surface area contributed by atoms with Gasteiger partial charge in [0.1, 0.15) is 5.75 Å². The summed E-state index contributed by atoms with van der Waals surface area (Å²) in [5, 5.41) is 9.04. The maximum Gasteiger partial charge on any atom is 0.180 e. The van der Waals surface area contributed by atoms with E-state index in [0.717, 1.165) is 19.4 Å². The van der Waals surface area contributed by atoms with Crippen LogP contribution in [0.3, 0.4) is 0 Å². The Morgan fingerprint density at radius 3 is 2.68 bits per heavy atom. The second-order valence-electron chi connectivity index (χ2n) is 4.48.